The van der Waals surface area contributed by atoms with Crippen molar-refractivity contribution in [3.05, 3.63) is 40.3 Å². The van der Waals surface area contributed by atoms with Crippen molar-refractivity contribution < 1.29 is 4.79 Å². The number of nitrogens with one attached hydrogen (secondary N) is 2. The summed E-state index contributed by atoms with van der Waals surface area (Å²) in [6, 6.07) is 3.98. The van der Waals surface area contributed by atoms with Crippen LogP contribution < -0.4 is 10.6 Å². The van der Waals surface area contributed by atoms with E-state index in [9.17, 15) is 4.79 Å². The van der Waals surface area contributed by atoms with Crippen molar-refractivity contribution in [2.24, 2.45) is 7.05 Å². The van der Waals surface area contributed by atoms with Gasteiger partial charge in [-0.15, -0.1) is 23.7 Å². The van der Waals surface area contributed by atoms with Crippen LogP contribution >= 0.6 is 23.7 Å². The molecule has 0 aliphatic heterocycles. The van der Waals surface area contributed by atoms with Gasteiger partial charge in [0.2, 0.25) is 5.91 Å². The van der Waals surface area contributed by atoms with Crippen LogP contribution in [0.4, 0.5) is 0 Å². The van der Waals surface area contributed by atoms with Gasteiger partial charge in [0.05, 0.1) is 6.20 Å². The number of hydrogen-bond acceptors (Lipinski definition) is 4. The lowest BCUT2D eigenvalue weighted by molar-refractivity contribution is -0.123. The summed E-state index contributed by atoms with van der Waals surface area (Å²) in [5.74, 6) is 0.0204. The van der Waals surface area contributed by atoms with Gasteiger partial charge in [-0.2, -0.15) is 5.10 Å². The summed E-state index contributed by atoms with van der Waals surface area (Å²) < 4.78 is 1.72. The summed E-state index contributed by atoms with van der Waals surface area (Å²) in [7, 11) is 3.68. The molecule has 1 unspecified atom stereocenters. The first kappa shape index (κ1) is 19.9. The number of aryl methyl sites for hydroxylation is 1. The largest absolute Gasteiger partial charge is 0.354 e. The number of carbonyl (C=O) groups is 1. The maximum atomic E-state index is 12.7. The summed E-state index contributed by atoms with van der Waals surface area (Å²) in [4.78, 5) is 14.1. The highest BCUT2D eigenvalue weighted by molar-refractivity contribution is 7.10. The molecule has 25 heavy (non-hydrogen) atoms. The standard InChI is InChI=1S/C18H26N4OS.ClH/c1-19-16(14-11-21-22(2)12-14)17(23)20-13-18(8-4-3-5-9-18)15-7-6-10-24-15;/h6-7,10-12,16,19H,3-5,8-9,13H2,1-2H3,(H,20,23);1H. The van der Waals surface area contributed by atoms with Crippen LogP contribution in [-0.2, 0) is 17.3 Å². The molecule has 0 saturated heterocycles. The summed E-state index contributed by atoms with van der Waals surface area (Å²) in [6.45, 7) is 0.713. The lowest BCUT2D eigenvalue weighted by Gasteiger charge is -2.37. The highest BCUT2D eigenvalue weighted by atomic mass is 35.5. The predicted molar refractivity (Wildman–Crippen MR) is 104 cm³/mol. The molecule has 0 spiro atoms. The minimum atomic E-state index is -0.359. The number of thiophene rings is 1. The van der Waals surface area contributed by atoms with E-state index in [1.165, 1.54) is 24.1 Å². The molecule has 3 rings (SSSR count). The van der Waals surface area contributed by atoms with Gasteiger partial charge in [0.1, 0.15) is 6.04 Å². The molecule has 2 N–H and O–H groups in total. The van der Waals surface area contributed by atoms with E-state index in [0.717, 1.165) is 18.4 Å². The van der Waals surface area contributed by atoms with Gasteiger partial charge in [-0.3, -0.25) is 9.48 Å². The van der Waals surface area contributed by atoms with Crippen molar-refractivity contribution in [2.75, 3.05) is 13.6 Å². The number of hydrogen-bond donors (Lipinski definition) is 2. The van der Waals surface area contributed by atoms with Crippen LogP contribution in [-0.4, -0.2) is 29.3 Å². The smallest absolute Gasteiger partial charge is 0.241 e. The lowest BCUT2D eigenvalue weighted by atomic mass is 9.73. The van der Waals surface area contributed by atoms with Crippen LogP contribution in [0.1, 0.15) is 48.6 Å². The summed E-state index contributed by atoms with van der Waals surface area (Å²) in [5.41, 5.74) is 1.00. The van der Waals surface area contributed by atoms with E-state index in [1.807, 2.05) is 31.6 Å². The van der Waals surface area contributed by atoms with Gasteiger partial charge in [-0.1, -0.05) is 25.3 Å². The molecule has 5 nitrogen and oxygen atoms in total. The van der Waals surface area contributed by atoms with Crippen molar-refractivity contribution in [3.63, 3.8) is 0 Å². The first-order valence-electron chi connectivity index (χ1n) is 8.62. The predicted octanol–water partition coefficient (Wildman–Crippen LogP) is 3.18. The van der Waals surface area contributed by atoms with Gasteiger partial charge in [0.15, 0.2) is 0 Å². The van der Waals surface area contributed by atoms with E-state index < -0.39 is 0 Å². The Morgan fingerprint density at radius 3 is 2.72 bits per heavy atom. The first-order valence-corrected chi connectivity index (χ1v) is 9.50. The van der Waals surface area contributed by atoms with E-state index in [2.05, 4.69) is 33.2 Å². The molecule has 0 radical (unpaired) electrons. The van der Waals surface area contributed by atoms with E-state index in [0.29, 0.717) is 6.54 Å². The molecule has 1 saturated carbocycles. The monoisotopic (exact) mass is 382 g/mol. The fourth-order valence-corrected chi connectivity index (χ4v) is 4.70. The third kappa shape index (κ3) is 4.43. The molecule has 1 amide bonds. The summed E-state index contributed by atoms with van der Waals surface area (Å²) in [5, 5.41) is 12.6. The minimum Gasteiger partial charge on any atom is -0.354 e. The van der Waals surface area contributed by atoms with Gasteiger partial charge < -0.3 is 10.6 Å². The molecule has 2 aromatic rings. The Kier molecular flexibility index (Phi) is 7.04. The van der Waals surface area contributed by atoms with Crippen LogP contribution in [0.3, 0.4) is 0 Å². The van der Waals surface area contributed by atoms with Crippen LogP contribution in [0.25, 0.3) is 0 Å². The zero-order valence-electron chi connectivity index (χ0n) is 14.8. The number of nitrogens with zero attached hydrogens (tertiary/aromatic N) is 2. The van der Waals surface area contributed by atoms with Gasteiger partial charge >= 0.3 is 0 Å². The second-order valence-electron chi connectivity index (χ2n) is 6.71. The third-order valence-corrected chi connectivity index (χ3v) is 6.18. The van der Waals surface area contributed by atoms with Crippen LogP contribution in [0, 0.1) is 0 Å². The zero-order chi connectivity index (χ0) is 17.0. The van der Waals surface area contributed by atoms with Gasteiger partial charge in [-0.25, -0.2) is 0 Å². The fraction of sp³-hybridized carbons (Fsp3) is 0.556. The SMILES string of the molecule is CNC(C(=O)NCC1(c2cccs2)CCCCC1)c1cnn(C)c1.Cl. The number of carbonyl (C=O) groups excluding carboxylic acids is 1. The van der Waals surface area contributed by atoms with Crippen LogP contribution in [0.15, 0.2) is 29.9 Å². The molecule has 1 aliphatic rings. The van der Waals surface area contributed by atoms with Crippen molar-refractivity contribution in [2.45, 2.75) is 43.6 Å². The van der Waals surface area contributed by atoms with Gasteiger partial charge in [0, 0.05) is 35.6 Å². The number of aromatic nitrogens is 2. The average Bonchev–Trinajstić information content (AvgIpc) is 3.27. The quantitative estimate of drug-likeness (QED) is 0.806. The average molecular weight is 383 g/mol. The lowest BCUT2D eigenvalue weighted by Crippen LogP contribution is -2.45. The van der Waals surface area contributed by atoms with Crippen molar-refractivity contribution in [1.29, 1.82) is 0 Å². The van der Waals surface area contributed by atoms with E-state index in [1.54, 1.807) is 10.9 Å². The molecule has 1 atom stereocenters. The molecule has 7 heteroatoms. The molecular formula is C18H27ClN4OS. The van der Waals surface area contributed by atoms with Crippen molar-refractivity contribution in [1.82, 2.24) is 20.4 Å². The summed E-state index contributed by atoms with van der Waals surface area (Å²) in [6.07, 6.45) is 9.73. The molecule has 2 aromatic heterocycles. The minimum absolute atomic E-state index is 0. The normalized spacial score (nSPS) is 17.5. The van der Waals surface area contributed by atoms with Crippen LogP contribution in [0.5, 0.6) is 0 Å². The topological polar surface area (TPSA) is 59.0 Å². The molecule has 2 heterocycles. The van der Waals surface area contributed by atoms with Gasteiger partial charge in [0.25, 0.3) is 0 Å². The number of likely N-dealkylation sites (N-methyl/N-ethyl adjacent to an activating group) is 1. The van der Waals surface area contributed by atoms with Crippen molar-refractivity contribution in [3.8, 4) is 0 Å². The Balaban J connectivity index is 0.00000225. The highest BCUT2D eigenvalue weighted by Crippen LogP contribution is 2.41. The van der Waals surface area contributed by atoms with Crippen molar-refractivity contribution >= 4 is 29.7 Å². The molecular weight excluding hydrogens is 356 g/mol. The van der Waals surface area contributed by atoms with E-state index in [-0.39, 0.29) is 29.8 Å². The Hall–Kier alpha value is -1.37. The molecule has 138 valence electrons. The maximum absolute atomic E-state index is 12.7. The van der Waals surface area contributed by atoms with Gasteiger partial charge in [-0.05, 0) is 31.3 Å². The zero-order valence-corrected chi connectivity index (χ0v) is 16.5. The Bertz CT molecular complexity index is 664. The number of amides is 1. The third-order valence-electron chi connectivity index (χ3n) is 5.06. The Labute approximate surface area is 159 Å². The Morgan fingerprint density at radius 2 is 2.16 bits per heavy atom. The van der Waals surface area contributed by atoms with E-state index >= 15 is 0 Å². The maximum Gasteiger partial charge on any atom is 0.241 e. The first-order chi connectivity index (χ1) is 11.6. The Morgan fingerprint density at radius 1 is 1.40 bits per heavy atom. The molecule has 1 aliphatic carbocycles. The summed E-state index contributed by atoms with van der Waals surface area (Å²) >= 11 is 1.81. The fourth-order valence-electron chi connectivity index (χ4n) is 3.72. The molecule has 1 fully saturated rings. The second kappa shape index (κ2) is 8.83. The highest BCUT2D eigenvalue weighted by Gasteiger charge is 2.35. The number of halogens is 1. The molecule has 0 bridgehead atoms. The molecule has 0 aromatic carbocycles. The second-order valence-corrected chi connectivity index (χ2v) is 7.65. The van der Waals surface area contributed by atoms with Crippen LogP contribution in [0.2, 0.25) is 0 Å². The van der Waals surface area contributed by atoms with E-state index in [4.69, 9.17) is 0 Å². The number of rotatable bonds is 6.